The van der Waals surface area contributed by atoms with Crippen molar-refractivity contribution in [1.29, 1.82) is 0 Å². The van der Waals surface area contributed by atoms with Crippen molar-refractivity contribution in [3.8, 4) is 0 Å². The van der Waals surface area contributed by atoms with Crippen LogP contribution in [0.4, 0.5) is 4.79 Å². The summed E-state index contributed by atoms with van der Waals surface area (Å²) in [6, 6.07) is 7.01. The smallest absolute Gasteiger partial charge is 0.325 e. The maximum atomic E-state index is 12.5. The molecule has 0 bridgehead atoms. The van der Waals surface area contributed by atoms with Gasteiger partial charge in [0.15, 0.2) is 18.2 Å². The van der Waals surface area contributed by atoms with Crippen LogP contribution in [0.5, 0.6) is 0 Å². The molecule has 2 atom stereocenters. The number of carbonyl (C=O) groups excluding carboxylic acids is 2. The summed E-state index contributed by atoms with van der Waals surface area (Å²) in [6.45, 7) is 8.58. The van der Waals surface area contributed by atoms with Crippen LogP contribution in [0.3, 0.4) is 0 Å². The molecule has 0 aliphatic carbocycles. The first-order valence-corrected chi connectivity index (χ1v) is 10.1. The van der Waals surface area contributed by atoms with Gasteiger partial charge in [-0.2, -0.15) is 0 Å². The number of aliphatic imine (C=N–C) groups is 1. The number of nitrogens with zero attached hydrogens (tertiary/aromatic N) is 5. The number of benzene rings is 1. The molecule has 3 amide bonds. The third-order valence-electron chi connectivity index (χ3n) is 5.64. The molecule has 3 aliphatic rings. The summed E-state index contributed by atoms with van der Waals surface area (Å²) in [4.78, 5) is 37.3. The molecular formula is C20H25ClN6O2. The Kier molecular flexibility index (Phi) is 5.47. The van der Waals surface area contributed by atoms with Crippen molar-refractivity contribution in [2.75, 3.05) is 39.8 Å². The Labute approximate surface area is 175 Å². The van der Waals surface area contributed by atoms with Crippen LogP contribution in [-0.2, 0) is 11.3 Å². The lowest BCUT2D eigenvalue weighted by Gasteiger charge is -2.40. The Morgan fingerprint density at radius 2 is 1.90 bits per heavy atom. The van der Waals surface area contributed by atoms with Gasteiger partial charge in [-0.05, 0) is 17.7 Å². The minimum absolute atomic E-state index is 0.305. The van der Waals surface area contributed by atoms with Gasteiger partial charge in [-0.3, -0.25) is 15.0 Å². The molecule has 0 spiro atoms. The topological polar surface area (TPSA) is 71.5 Å². The first-order valence-electron chi connectivity index (χ1n) is 9.72. The van der Waals surface area contributed by atoms with Gasteiger partial charge in [0, 0.05) is 51.3 Å². The molecule has 9 heteroatoms. The zero-order valence-electron chi connectivity index (χ0n) is 16.4. The van der Waals surface area contributed by atoms with Crippen LogP contribution >= 0.6 is 11.6 Å². The van der Waals surface area contributed by atoms with Gasteiger partial charge in [-0.25, -0.2) is 9.79 Å². The zero-order valence-corrected chi connectivity index (χ0v) is 17.2. The van der Waals surface area contributed by atoms with E-state index in [1.807, 2.05) is 17.0 Å². The number of nitrogens with one attached hydrogen (secondary N) is 1. The number of halogens is 1. The van der Waals surface area contributed by atoms with Crippen molar-refractivity contribution in [3.05, 3.63) is 47.5 Å². The van der Waals surface area contributed by atoms with Gasteiger partial charge >= 0.3 is 6.03 Å². The van der Waals surface area contributed by atoms with Crippen molar-refractivity contribution >= 4 is 29.5 Å². The fourth-order valence-corrected chi connectivity index (χ4v) is 4.19. The Morgan fingerprint density at radius 3 is 2.55 bits per heavy atom. The van der Waals surface area contributed by atoms with Gasteiger partial charge in [0.25, 0.3) is 5.91 Å². The van der Waals surface area contributed by atoms with E-state index >= 15 is 0 Å². The molecule has 2 saturated heterocycles. The molecule has 29 heavy (non-hydrogen) atoms. The number of guanidine groups is 1. The minimum Gasteiger partial charge on any atom is -0.340 e. The maximum absolute atomic E-state index is 12.5. The summed E-state index contributed by atoms with van der Waals surface area (Å²) >= 11 is 5.97. The summed E-state index contributed by atoms with van der Waals surface area (Å²) in [5.41, 5.74) is 1.23. The molecule has 154 valence electrons. The Bertz CT molecular complexity index is 834. The highest BCUT2D eigenvalue weighted by atomic mass is 35.5. The average molecular weight is 417 g/mol. The lowest BCUT2D eigenvalue weighted by Crippen LogP contribution is -2.64. The SMILES string of the molecule is C=CCN1C(N2CCN(Cc3ccc(Cl)cc3)CC2)=NC2C1C(=O)NC(=O)N2C. The lowest BCUT2D eigenvalue weighted by atomic mass is 10.1. The van der Waals surface area contributed by atoms with E-state index < -0.39 is 18.2 Å². The predicted octanol–water partition coefficient (Wildman–Crippen LogP) is 1.19. The van der Waals surface area contributed by atoms with Gasteiger partial charge in [0.05, 0.1) is 0 Å². The number of rotatable bonds is 4. The first kappa shape index (κ1) is 19.7. The van der Waals surface area contributed by atoms with E-state index in [2.05, 4.69) is 33.8 Å². The summed E-state index contributed by atoms with van der Waals surface area (Å²) < 4.78 is 0. The zero-order chi connectivity index (χ0) is 20.5. The molecule has 8 nitrogen and oxygen atoms in total. The number of fused-ring (bicyclic) bond motifs is 1. The molecule has 3 heterocycles. The molecule has 3 aliphatic heterocycles. The second-order valence-corrected chi connectivity index (χ2v) is 7.96. The van der Waals surface area contributed by atoms with Crippen LogP contribution in [-0.4, -0.2) is 89.5 Å². The second kappa shape index (κ2) is 8.04. The van der Waals surface area contributed by atoms with E-state index in [0.717, 1.165) is 43.7 Å². The van der Waals surface area contributed by atoms with Gasteiger partial charge < -0.3 is 14.7 Å². The molecule has 4 rings (SSSR count). The van der Waals surface area contributed by atoms with Crippen LogP contribution in [0.1, 0.15) is 5.56 Å². The van der Waals surface area contributed by atoms with E-state index in [1.165, 1.54) is 10.5 Å². The average Bonchev–Trinajstić information content (AvgIpc) is 3.09. The standard InChI is InChI=1S/C20H25ClN6O2/c1-3-8-27-16-17(24(2)20(29)23-18(16)28)22-19(27)26-11-9-25(10-12-26)13-14-4-6-15(21)7-5-14/h3-7,16-17H,1,8-13H2,2H3,(H,23,28,29). The van der Waals surface area contributed by atoms with Gasteiger partial charge in [0.1, 0.15) is 0 Å². The Hall–Kier alpha value is -2.58. The highest BCUT2D eigenvalue weighted by Gasteiger charge is 2.49. The molecule has 2 fully saturated rings. The van der Waals surface area contributed by atoms with Crippen LogP contribution < -0.4 is 5.32 Å². The Morgan fingerprint density at radius 1 is 1.21 bits per heavy atom. The Balaban J connectivity index is 1.45. The number of piperazine rings is 1. The molecule has 0 aromatic heterocycles. The van der Waals surface area contributed by atoms with Crippen molar-refractivity contribution in [3.63, 3.8) is 0 Å². The summed E-state index contributed by atoms with van der Waals surface area (Å²) in [6.07, 6.45) is 1.26. The molecule has 1 aromatic carbocycles. The highest BCUT2D eigenvalue weighted by Crippen LogP contribution is 2.26. The third kappa shape index (κ3) is 3.82. The van der Waals surface area contributed by atoms with Gasteiger partial charge in [-0.1, -0.05) is 29.8 Å². The predicted molar refractivity (Wildman–Crippen MR) is 112 cm³/mol. The summed E-state index contributed by atoms with van der Waals surface area (Å²) in [7, 11) is 1.67. The molecule has 2 unspecified atom stereocenters. The van der Waals surface area contributed by atoms with Crippen LogP contribution in [0.15, 0.2) is 41.9 Å². The van der Waals surface area contributed by atoms with Crippen molar-refractivity contribution in [2.24, 2.45) is 4.99 Å². The first-order chi connectivity index (χ1) is 14.0. The molecule has 1 N–H and O–H groups in total. The normalized spacial score (nSPS) is 25.0. The highest BCUT2D eigenvalue weighted by molar-refractivity contribution is 6.30. The largest absolute Gasteiger partial charge is 0.340 e. The third-order valence-corrected chi connectivity index (χ3v) is 5.89. The number of hydrogen-bond donors (Lipinski definition) is 1. The second-order valence-electron chi connectivity index (χ2n) is 7.52. The minimum atomic E-state index is -0.516. The van der Waals surface area contributed by atoms with E-state index in [0.29, 0.717) is 6.54 Å². The molecule has 1 aromatic rings. The van der Waals surface area contributed by atoms with E-state index in [-0.39, 0.29) is 5.91 Å². The molecule has 0 saturated carbocycles. The van der Waals surface area contributed by atoms with E-state index in [4.69, 9.17) is 16.6 Å². The molecule has 0 radical (unpaired) electrons. The molecular weight excluding hydrogens is 392 g/mol. The van der Waals surface area contributed by atoms with Crippen LogP contribution in [0.2, 0.25) is 5.02 Å². The van der Waals surface area contributed by atoms with Crippen molar-refractivity contribution in [2.45, 2.75) is 18.8 Å². The maximum Gasteiger partial charge on any atom is 0.325 e. The fourth-order valence-electron chi connectivity index (χ4n) is 4.06. The summed E-state index contributed by atoms with van der Waals surface area (Å²) in [5.74, 6) is 0.461. The van der Waals surface area contributed by atoms with Crippen molar-refractivity contribution in [1.82, 2.24) is 24.9 Å². The summed E-state index contributed by atoms with van der Waals surface area (Å²) in [5, 5.41) is 3.16. The lowest BCUT2D eigenvalue weighted by molar-refractivity contribution is -0.127. The number of hydrogen-bond acceptors (Lipinski definition) is 6. The number of likely N-dealkylation sites (N-methyl/N-ethyl adjacent to an activating group) is 1. The van der Waals surface area contributed by atoms with Crippen LogP contribution in [0.25, 0.3) is 0 Å². The number of urea groups is 1. The van der Waals surface area contributed by atoms with E-state index in [9.17, 15) is 9.59 Å². The van der Waals surface area contributed by atoms with Gasteiger partial charge in [0.2, 0.25) is 0 Å². The fraction of sp³-hybridized carbons (Fsp3) is 0.450. The quantitative estimate of drug-likeness (QED) is 0.746. The number of imide groups is 1. The monoisotopic (exact) mass is 416 g/mol. The van der Waals surface area contributed by atoms with E-state index in [1.54, 1.807) is 13.1 Å². The van der Waals surface area contributed by atoms with Crippen LogP contribution in [0, 0.1) is 0 Å². The number of amides is 3. The number of carbonyl (C=O) groups is 2. The van der Waals surface area contributed by atoms with Crippen molar-refractivity contribution < 1.29 is 9.59 Å². The van der Waals surface area contributed by atoms with Gasteiger partial charge in [-0.15, -0.1) is 6.58 Å².